The SMILES string of the molecule is CCOC(=O)c1ccc(Nc2nc(CC)cc(=O)[nH]2)cc1. The molecule has 0 radical (unpaired) electrons. The number of hydrogen-bond acceptors (Lipinski definition) is 5. The first-order chi connectivity index (χ1) is 10.1. The average Bonchev–Trinajstić information content (AvgIpc) is 2.47. The van der Waals surface area contributed by atoms with Crippen LogP contribution in [0.1, 0.15) is 29.9 Å². The third-order valence-electron chi connectivity index (χ3n) is 2.82. The molecule has 0 aliphatic heterocycles. The molecule has 2 aromatic rings. The molecule has 0 amide bonds. The number of benzene rings is 1. The third kappa shape index (κ3) is 3.92. The molecule has 0 saturated heterocycles. The van der Waals surface area contributed by atoms with Crippen LogP contribution in [0.15, 0.2) is 35.1 Å². The Labute approximate surface area is 122 Å². The summed E-state index contributed by atoms with van der Waals surface area (Å²) >= 11 is 0. The van der Waals surface area contributed by atoms with E-state index in [1.807, 2.05) is 6.92 Å². The minimum atomic E-state index is -0.358. The quantitative estimate of drug-likeness (QED) is 0.824. The minimum absolute atomic E-state index is 0.201. The van der Waals surface area contributed by atoms with Gasteiger partial charge in [-0.2, -0.15) is 0 Å². The van der Waals surface area contributed by atoms with Gasteiger partial charge in [0.25, 0.3) is 5.56 Å². The molecule has 1 aromatic carbocycles. The molecule has 0 bridgehead atoms. The van der Waals surface area contributed by atoms with Gasteiger partial charge >= 0.3 is 5.97 Å². The second kappa shape index (κ2) is 6.69. The van der Waals surface area contributed by atoms with Gasteiger partial charge in [-0.25, -0.2) is 9.78 Å². The largest absolute Gasteiger partial charge is 0.462 e. The normalized spacial score (nSPS) is 10.2. The van der Waals surface area contributed by atoms with Crippen molar-refractivity contribution in [3.63, 3.8) is 0 Å². The first-order valence-electron chi connectivity index (χ1n) is 6.76. The Morgan fingerprint density at radius 3 is 2.62 bits per heavy atom. The molecular formula is C15H17N3O3. The van der Waals surface area contributed by atoms with Crippen LogP contribution in [0.4, 0.5) is 11.6 Å². The maximum absolute atomic E-state index is 11.5. The molecule has 1 heterocycles. The number of anilines is 2. The minimum Gasteiger partial charge on any atom is -0.462 e. The van der Waals surface area contributed by atoms with E-state index in [9.17, 15) is 9.59 Å². The summed E-state index contributed by atoms with van der Waals surface area (Å²) < 4.78 is 4.91. The number of ether oxygens (including phenoxy) is 1. The molecular weight excluding hydrogens is 270 g/mol. The zero-order chi connectivity index (χ0) is 15.2. The van der Waals surface area contributed by atoms with Crippen molar-refractivity contribution in [2.75, 3.05) is 11.9 Å². The Kier molecular flexibility index (Phi) is 4.71. The van der Waals surface area contributed by atoms with Crippen LogP contribution in [0, 0.1) is 0 Å². The van der Waals surface area contributed by atoms with E-state index in [0.717, 1.165) is 5.69 Å². The fourth-order valence-corrected chi connectivity index (χ4v) is 1.79. The number of rotatable bonds is 5. The van der Waals surface area contributed by atoms with Gasteiger partial charge in [-0.15, -0.1) is 0 Å². The highest BCUT2D eigenvalue weighted by Crippen LogP contribution is 2.14. The van der Waals surface area contributed by atoms with Crippen molar-refractivity contribution in [1.29, 1.82) is 0 Å². The Bertz CT molecular complexity index is 677. The Morgan fingerprint density at radius 2 is 2.00 bits per heavy atom. The Morgan fingerprint density at radius 1 is 1.29 bits per heavy atom. The molecule has 0 atom stereocenters. The molecule has 110 valence electrons. The summed E-state index contributed by atoms with van der Waals surface area (Å²) in [7, 11) is 0. The molecule has 6 nitrogen and oxygen atoms in total. The molecule has 0 aliphatic carbocycles. The van der Waals surface area contributed by atoms with Crippen LogP contribution >= 0.6 is 0 Å². The standard InChI is InChI=1S/C15H17N3O3/c1-3-11-9-13(19)18-15(16-11)17-12-7-5-10(6-8-12)14(20)21-4-2/h5-9H,3-4H2,1-2H3,(H2,16,17,18,19). The highest BCUT2D eigenvalue weighted by Gasteiger charge is 2.06. The molecule has 1 aromatic heterocycles. The van der Waals surface area contributed by atoms with Gasteiger partial charge in [0.15, 0.2) is 0 Å². The predicted octanol–water partition coefficient (Wildman–Crippen LogP) is 2.25. The number of H-pyrrole nitrogens is 1. The van der Waals surface area contributed by atoms with Crippen molar-refractivity contribution < 1.29 is 9.53 Å². The summed E-state index contributed by atoms with van der Waals surface area (Å²) in [6.07, 6.45) is 0.681. The zero-order valence-corrected chi connectivity index (χ0v) is 12.0. The molecule has 0 saturated carbocycles. The van der Waals surface area contributed by atoms with Gasteiger partial charge in [0.1, 0.15) is 0 Å². The maximum Gasteiger partial charge on any atom is 0.338 e. The van der Waals surface area contributed by atoms with Gasteiger partial charge < -0.3 is 10.1 Å². The number of hydrogen-bond donors (Lipinski definition) is 2. The highest BCUT2D eigenvalue weighted by molar-refractivity contribution is 5.89. The second-order valence-electron chi connectivity index (χ2n) is 4.36. The summed E-state index contributed by atoms with van der Waals surface area (Å²) in [5.41, 5.74) is 1.71. The van der Waals surface area contributed by atoms with Crippen molar-refractivity contribution in [1.82, 2.24) is 9.97 Å². The summed E-state index contributed by atoms with van der Waals surface area (Å²) in [5, 5.41) is 3.00. The average molecular weight is 287 g/mol. The lowest BCUT2D eigenvalue weighted by Gasteiger charge is -2.07. The lowest BCUT2D eigenvalue weighted by Crippen LogP contribution is -2.11. The van der Waals surface area contributed by atoms with E-state index in [0.29, 0.717) is 30.2 Å². The smallest absolute Gasteiger partial charge is 0.338 e. The number of carbonyl (C=O) groups is 1. The molecule has 6 heteroatoms. The molecule has 21 heavy (non-hydrogen) atoms. The van der Waals surface area contributed by atoms with Gasteiger partial charge in [-0.1, -0.05) is 6.92 Å². The van der Waals surface area contributed by atoms with E-state index in [1.54, 1.807) is 31.2 Å². The van der Waals surface area contributed by atoms with Gasteiger partial charge in [-0.3, -0.25) is 9.78 Å². The number of aromatic amines is 1. The van der Waals surface area contributed by atoms with Crippen LogP contribution in [0.2, 0.25) is 0 Å². The number of carbonyl (C=O) groups excluding carboxylic acids is 1. The topological polar surface area (TPSA) is 84.1 Å². The summed E-state index contributed by atoms with van der Waals surface area (Å²) in [5.74, 6) is 0.0202. The lowest BCUT2D eigenvalue weighted by molar-refractivity contribution is 0.0526. The van der Waals surface area contributed by atoms with E-state index in [1.165, 1.54) is 6.07 Å². The van der Waals surface area contributed by atoms with Gasteiger partial charge in [0, 0.05) is 17.4 Å². The Hall–Kier alpha value is -2.63. The van der Waals surface area contributed by atoms with Crippen molar-refractivity contribution in [2.45, 2.75) is 20.3 Å². The second-order valence-corrected chi connectivity index (χ2v) is 4.36. The number of aryl methyl sites for hydroxylation is 1. The van der Waals surface area contributed by atoms with Crippen LogP contribution in [-0.2, 0) is 11.2 Å². The molecule has 2 rings (SSSR count). The van der Waals surface area contributed by atoms with E-state index in [2.05, 4.69) is 15.3 Å². The molecule has 0 unspecified atom stereocenters. The lowest BCUT2D eigenvalue weighted by atomic mass is 10.2. The highest BCUT2D eigenvalue weighted by atomic mass is 16.5. The van der Waals surface area contributed by atoms with Crippen molar-refractivity contribution in [2.24, 2.45) is 0 Å². The van der Waals surface area contributed by atoms with E-state index in [4.69, 9.17) is 4.74 Å². The van der Waals surface area contributed by atoms with Crippen molar-refractivity contribution in [3.8, 4) is 0 Å². The molecule has 0 fully saturated rings. The molecule has 2 N–H and O–H groups in total. The van der Waals surface area contributed by atoms with Gasteiger partial charge in [0.05, 0.1) is 12.2 Å². The van der Waals surface area contributed by atoms with Gasteiger partial charge in [-0.05, 0) is 37.6 Å². The fourth-order valence-electron chi connectivity index (χ4n) is 1.79. The number of nitrogens with one attached hydrogen (secondary N) is 2. The number of aromatic nitrogens is 2. The van der Waals surface area contributed by atoms with Crippen molar-refractivity contribution >= 4 is 17.6 Å². The van der Waals surface area contributed by atoms with E-state index in [-0.39, 0.29) is 11.5 Å². The van der Waals surface area contributed by atoms with E-state index < -0.39 is 0 Å². The first-order valence-corrected chi connectivity index (χ1v) is 6.76. The monoisotopic (exact) mass is 287 g/mol. The van der Waals surface area contributed by atoms with Crippen LogP contribution in [-0.4, -0.2) is 22.5 Å². The van der Waals surface area contributed by atoms with Crippen LogP contribution in [0.25, 0.3) is 0 Å². The summed E-state index contributed by atoms with van der Waals surface area (Å²) in [6, 6.07) is 8.23. The van der Waals surface area contributed by atoms with Crippen LogP contribution in [0.5, 0.6) is 0 Å². The fraction of sp³-hybridized carbons (Fsp3) is 0.267. The summed E-state index contributed by atoms with van der Waals surface area (Å²) in [6.45, 7) is 4.03. The van der Waals surface area contributed by atoms with Crippen LogP contribution < -0.4 is 10.9 Å². The third-order valence-corrected chi connectivity index (χ3v) is 2.82. The van der Waals surface area contributed by atoms with E-state index >= 15 is 0 Å². The zero-order valence-electron chi connectivity index (χ0n) is 12.0. The summed E-state index contributed by atoms with van der Waals surface area (Å²) in [4.78, 5) is 29.9. The van der Waals surface area contributed by atoms with Gasteiger partial charge in [0.2, 0.25) is 5.95 Å². The molecule has 0 spiro atoms. The van der Waals surface area contributed by atoms with Crippen molar-refractivity contribution in [3.05, 3.63) is 51.9 Å². The Balaban J connectivity index is 2.15. The maximum atomic E-state index is 11.5. The number of nitrogens with zero attached hydrogens (tertiary/aromatic N) is 1. The molecule has 0 aliphatic rings. The van der Waals surface area contributed by atoms with Crippen LogP contribution in [0.3, 0.4) is 0 Å². The predicted molar refractivity (Wildman–Crippen MR) is 79.9 cm³/mol. The number of esters is 1. The first kappa shape index (κ1) is 14.8.